The number of ether oxygens (including phenoxy) is 2. The summed E-state index contributed by atoms with van der Waals surface area (Å²) >= 11 is 0.710. The molecule has 4 rings (SSSR count). The smallest absolute Gasteiger partial charge is 0.294 e. The lowest BCUT2D eigenvalue weighted by molar-refractivity contribution is -0.127. The maximum Gasteiger partial charge on any atom is 0.294 e. The average Bonchev–Trinajstić information content (AvgIpc) is 3.17. The Morgan fingerprint density at radius 1 is 0.925 bits per heavy atom. The summed E-state index contributed by atoms with van der Waals surface area (Å²) in [5, 5.41) is 4.71. The van der Waals surface area contributed by atoms with Gasteiger partial charge in [-0.05, 0) is 91.3 Å². The molecule has 1 heterocycles. The molecule has 9 nitrogen and oxygen atoms in total. The quantitative estimate of drug-likeness (QED) is 0.325. The fourth-order valence-electron chi connectivity index (χ4n) is 3.73. The molecular weight excluding hydrogens is 537 g/mol. The van der Waals surface area contributed by atoms with E-state index in [1.54, 1.807) is 31.2 Å². The molecule has 11 heteroatoms. The predicted octanol–water partition coefficient (Wildman–Crippen LogP) is 5.23. The van der Waals surface area contributed by atoms with Crippen LogP contribution in [0.5, 0.6) is 11.5 Å². The van der Waals surface area contributed by atoms with E-state index < -0.39 is 29.4 Å². The van der Waals surface area contributed by atoms with Gasteiger partial charge in [-0.25, -0.2) is 4.39 Å². The zero-order chi connectivity index (χ0) is 28.6. The summed E-state index contributed by atoms with van der Waals surface area (Å²) < 4.78 is 24.4. The van der Waals surface area contributed by atoms with Crippen molar-refractivity contribution in [3.05, 3.63) is 88.6 Å². The average molecular weight is 564 g/mol. The lowest BCUT2D eigenvalue weighted by atomic mass is 10.2. The van der Waals surface area contributed by atoms with E-state index in [4.69, 9.17) is 9.47 Å². The number of benzene rings is 3. The standard InChI is InChI=1S/C29H26FN3O6S/c1-3-38-24-14-19(7-12-23(24)39-17-27(35)32-22-6-4-5-18(2)13-22)15-25-28(36)33(29(37)40-25)16-26(34)31-21-10-8-20(30)9-11-21/h4-15H,3,16-17H2,1-2H3,(H,31,34)(H,32,35)/b25-15+. The van der Waals surface area contributed by atoms with Crippen LogP contribution in [0.1, 0.15) is 18.1 Å². The van der Waals surface area contributed by atoms with E-state index in [1.807, 2.05) is 25.1 Å². The van der Waals surface area contributed by atoms with Gasteiger partial charge in [-0.1, -0.05) is 18.2 Å². The maximum atomic E-state index is 13.1. The van der Waals surface area contributed by atoms with Crippen LogP contribution in [0.25, 0.3) is 6.08 Å². The molecule has 1 aliphatic rings. The van der Waals surface area contributed by atoms with E-state index in [2.05, 4.69) is 10.6 Å². The molecule has 1 aliphatic heterocycles. The number of nitrogens with zero attached hydrogens (tertiary/aromatic N) is 1. The van der Waals surface area contributed by atoms with Crippen molar-refractivity contribution in [3.8, 4) is 11.5 Å². The largest absolute Gasteiger partial charge is 0.490 e. The van der Waals surface area contributed by atoms with Crippen LogP contribution in [0.3, 0.4) is 0 Å². The number of hydrogen-bond donors (Lipinski definition) is 2. The van der Waals surface area contributed by atoms with Gasteiger partial charge in [0.25, 0.3) is 17.1 Å². The van der Waals surface area contributed by atoms with E-state index in [9.17, 15) is 23.6 Å². The van der Waals surface area contributed by atoms with E-state index in [1.165, 1.54) is 30.3 Å². The summed E-state index contributed by atoms with van der Waals surface area (Å²) in [5.41, 5.74) is 2.57. The van der Waals surface area contributed by atoms with Crippen LogP contribution in [-0.2, 0) is 14.4 Å². The van der Waals surface area contributed by atoms with Crippen molar-refractivity contribution in [2.75, 3.05) is 30.4 Å². The topological polar surface area (TPSA) is 114 Å². The maximum absolute atomic E-state index is 13.1. The SMILES string of the molecule is CCOc1cc(/C=C2/SC(=O)N(CC(=O)Nc3ccc(F)cc3)C2=O)ccc1OCC(=O)Nc1cccc(C)c1. The van der Waals surface area contributed by atoms with Gasteiger partial charge in [0.1, 0.15) is 12.4 Å². The number of nitrogens with one attached hydrogen (secondary N) is 2. The molecule has 0 unspecified atom stereocenters. The number of carbonyl (C=O) groups is 4. The third kappa shape index (κ3) is 7.48. The first-order valence-corrected chi connectivity index (χ1v) is 13.1. The predicted molar refractivity (Wildman–Crippen MR) is 151 cm³/mol. The second-order valence-corrected chi connectivity index (χ2v) is 9.66. The van der Waals surface area contributed by atoms with Crippen LogP contribution in [-0.4, -0.2) is 47.6 Å². The van der Waals surface area contributed by atoms with E-state index >= 15 is 0 Å². The zero-order valence-electron chi connectivity index (χ0n) is 21.7. The van der Waals surface area contributed by atoms with E-state index in [0.717, 1.165) is 10.5 Å². The minimum Gasteiger partial charge on any atom is -0.490 e. The fourth-order valence-corrected chi connectivity index (χ4v) is 4.57. The van der Waals surface area contributed by atoms with Crippen molar-refractivity contribution in [3.63, 3.8) is 0 Å². The molecule has 2 N–H and O–H groups in total. The highest BCUT2D eigenvalue weighted by Crippen LogP contribution is 2.34. The van der Waals surface area contributed by atoms with Crippen LogP contribution < -0.4 is 20.1 Å². The molecular formula is C29H26FN3O6S. The molecule has 3 aromatic carbocycles. The summed E-state index contributed by atoms with van der Waals surface area (Å²) in [6.07, 6.45) is 1.51. The molecule has 0 spiro atoms. The number of anilines is 2. The molecule has 40 heavy (non-hydrogen) atoms. The summed E-state index contributed by atoms with van der Waals surface area (Å²) in [6.45, 7) is 3.32. The Hall–Kier alpha value is -4.64. The molecule has 0 aromatic heterocycles. The number of halogens is 1. The molecule has 1 fully saturated rings. The summed E-state index contributed by atoms with van der Waals surface area (Å²) in [6, 6.07) is 17.4. The van der Waals surface area contributed by atoms with Gasteiger partial charge in [0.2, 0.25) is 5.91 Å². The first kappa shape index (κ1) is 28.4. The van der Waals surface area contributed by atoms with Crippen molar-refractivity contribution in [2.45, 2.75) is 13.8 Å². The van der Waals surface area contributed by atoms with E-state index in [0.29, 0.717) is 46.8 Å². The Balaban J connectivity index is 1.40. The van der Waals surface area contributed by atoms with Gasteiger partial charge in [-0.15, -0.1) is 0 Å². The number of amides is 4. The summed E-state index contributed by atoms with van der Waals surface area (Å²) in [4.78, 5) is 51.0. The minimum absolute atomic E-state index is 0.133. The van der Waals surface area contributed by atoms with Gasteiger partial charge < -0.3 is 20.1 Å². The van der Waals surface area contributed by atoms with Gasteiger partial charge in [0, 0.05) is 11.4 Å². The van der Waals surface area contributed by atoms with Crippen LogP contribution in [0, 0.1) is 12.7 Å². The lowest BCUT2D eigenvalue weighted by Crippen LogP contribution is -2.36. The Kier molecular flexibility index (Phi) is 9.18. The van der Waals surface area contributed by atoms with Gasteiger partial charge in [0.05, 0.1) is 11.5 Å². The monoisotopic (exact) mass is 563 g/mol. The van der Waals surface area contributed by atoms with Crippen molar-refractivity contribution in [1.82, 2.24) is 4.90 Å². The van der Waals surface area contributed by atoms with Crippen molar-refractivity contribution < 1.29 is 33.0 Å². The molecule has 206 valence electrons. The molecule has 0 radical (unpaired) electrons. The molecule has 0 aliphatic carbocycles. The van der Waals surface area contributed by atoms with Crippen molar-refractivity contribution >= 4 is 52.2 Å². The minimum atomic E-state index is -0.615. The normalized spacial score (nSPS) is 13.9. The van der Waals surface area contributed by atoms with Crippen LogP contribution in [0.4, 0.5) is 20.6 Å². The first-order chi connectivity index (χ1) is 19.2. The molecule has 3 aromatic rings. The summed E-state index contributed by atoms with van der Waals surface area (Å²) in [5.74, 6) is -1.31. The molecule has 1 saturated heterocycles. The Labute approximate surface area is 234 Å². The molecule has 4 amide bonds. The third-order valence-electron chi connectivity index (χ3n) is 5.53. The van der Waals surface area contributed by atoms with Crippen molar-refractivity contribution in [1.29, 1.82) is 0 Å². The number of imide groups is 1. The zero-order valence-corrected chi connectivity index (χ0v) is 22.5. The molecule has 0 saturated carbocycles. The summed E-state index contributed by atoms with van der Waals surface area (Å²) in [7, 11) is 0. The fraction of sp³-hybridized carbons (Fsp3) is 0.172. The second kappa shape index (κ2) is 12.9. The lowest BCUT2D eigenvalue weighted by Gasteiger charge is -2.13. The van der Waals surface area contributed by atoms with Crippen LogP contribution in [0.2, 0.25) is 0 Å². The van der Waals surface area contributed by atoms with Crippen LogP contribution in [0.15, 0.2) is 71.6 Å². The highest BCUT2D eigenvalue weighted by molar-refractivity contribution is 8.18. The highest BCUT2D eigenvalue weighted by Gasteiger charge is 2.36. The number of rotatable bonds is 10. The second-order valence-electron chi connectivity index (χ2n) is 8.67. The van der Waals surface area contributed by atoms with Gasteiger partial charge in [-0.3, -0.25) is 24.1 Å². The van der Waals surface area contributed by atoms with Gasteiger partial charge >= 0.3 is 0 Å². The van der Waals surface area contributed by atoms with Crippen molar-refractivity contribution in [2.24, 2.45) is 0 Å². The number of carbonyl (C=O) groups excluding carboxylic acids is 4. The Morgan fingerprint density at radius 3 is 2.40 bits per heavy atom. The van der Waals surface area contributed by atoms with Gasteiger partial charge in [0.15, 0.2) is 18.1 Å². The van der Waals surface area contributed by atoms with Crippen LogP contribution >= 0.6 is 11.8 Å². The number of aryl methyl sites for hydroxylation is 1. The highest BCUT2D eigenvalue weighted by atomic mass is 32.2. The van der Waals surface area contributed by atoms with E-state index in [-0.39, 0.29) is 17.4 Å². The molecule has 0 atom stereocenters. The van der Waals surface area contributed by atoms with Gasteiger partial charge in [-0.2, -0.15) is 0 Å². The third-order valence-corrected chi connectivity index (χ3v) is 6.44. The number of hydrogen-bond acceptors (Lipinski definition) is 7. The number of thioether (sulfide) groups is 1. The Bertz CT molecular complexity index is 1470. The Morgan fingerprint density at radius 2 is 1.68 bits per heavy atom. The first-order valence-electron chi connectivity index (χ1n) is 12.3. The molecule has 0 bridgehead atoms.